The van der Waals surface area contributed by atoms with E-state index in [0.717, 1.165) is 61.6 Å². The van der Waals surface area contributed by atoms with Gasteiger partial charge in [-0.3, -0.25) is 4.79 Å². The molecule has 25 heavy (non-hydrogen) atoms. The predicted octanol–water partition coefficient (Wildman–Crippen LogP) is 4.15. The molecule has 2 heterocycles. The molecule has 2 aromatic rings. The topological polar surface area (TPSA) is 51.2 Å². The molecule has 2 fully saturated rings. The van der Waals surface area contributed by atoms with E-state index >= 15 is 0 Å². The minimum Gasteiger partial charge on any atom is -0.381 e. The summed E-state index contributed by atoms with van der Waals surface area (Å²) in [7, 11) is 0. The van der Waals surface area contributed by atoms with Crippen molar-refractivity contribution in [3.63, 3.8) is 0 Å². The van der Waals surface area contributed by atoms with Gasteiger partial charge in [-0.1, -0.05) is 12.1 Å². The molecule has 1 atom stereocenters. The van der Waals surface area contributed by atoms with Gasteiger partial charge in [0.25, 0.3) is 5.91 Å². The van der Waals surface area contributed by atoms with Crippen LogP contribution < -0.4 is 5.32 Å². The van der Waals surface area contributed by atoms with E-state index in [1.807, 2.05) is 19.1 Å². The molecule has 5 heteroatoms. The highest BCUT2D eigenvalue weighted by atomic mass is 32.1. The molecule has 0 bridgehead atoms. The van der Waals surface area contributed by atoms with Crippen molar-refractivity contribution in [2.24, 2.45) is 0 Å². The van der Waals surface area contributed by atoms with Gasteiger partial charge in [-0.15, -0.1) is 11.3 Å². The zero-order chi connectivity index (χ0) is 17.3. The quantitative estimate of drug-likeness (QED) is 0.895. The van der Waals surface area contributed by atoms with Gasteiger partial charge in [0.1, 0.15) is 5.01 Å². The maximum Gasteiger partial charge on any atom is 0.252 e. The lowest BCUT2D eigenvalue weighted by atomic mass is 9.77. The number of carbonyl (C=O) groups excluding carboxylic acids is 1. The van der Waals surface area contributed by atoms with E-state index < -0.39 is 0 Å². The van der Waals surface area contributed by atoms with Crippen LogP contribution in [0.25, 0.3) is 0 Å². The van der Waals surface area contributed by atoms with E-state index in [9.17, 15) is 4.79 Å². The second kappa shape index (κ2) is 6.89. The van der Waals surface area contributed by atoms with Crippen LogP contribution in [0.5, 0.6) is 0 Å². The van der Waals surface area contributed by atoms with E-state index in [1.54, 1.807) is 11.3 Å². The Bertz CT molecular complexity index is 743. The second-order valence-corrected chi connectivity index (χ2v) is 8.08. The molecule has 1 unspecified atom stereocenters. The Hall–Kier alpha value is -1.72. The van der Waals surface area contributed by atoms with Crippen LogP contribution in [-0.2, 0) is 10.3 Å². The van der Waals surface area contributed by atoms with Gasteiger partial charge < -0.3 is 10.1 Å². The summed E-state index contributed by atoms with van der Waals surface area (Å²) in [4.78, 5) is 17.4. The second-order valence-electron chi connectivity index (χ2n) is 7.22. The van der Waals surface area contributed by atoms with Gasteiger partial charge in [-0.2, -0.15) is 0 Å². The number of hydrogen-bond donors (Lipinski definition) is 1. The highest BCUT2D eigenvalue weighted by Gasteiger charge is 2.42. The largest absolute Gasteiger partial charge is 0.381 e. The summed E-state index contributed by atoms with van der Waals surface area (Å²) in [5.41, 5.74) is 2.76. The number of nitrogens with zero attached hydrogens (tertiary/aromatic N) is 1. The predicted molar refractivity (Wildman–Crippen MR) is 99.1 cm³/mol. The van der Waals surface area contributed by atoms with Crippen LogP contribution in [-0.4, -0.2) is 24.1 Å². The average molecular weight is 356 g/mol. The van der Waals surface area contributed by atoms with E-state index in [1.165, 1.54) is 5.56 Å². The van der Waals surface area contributed by atoms with Crippen LogP contribution in [0.15, 0.2) is 29.6 Å². The molecule has 1 aliphatic carbocycles. The molecule has 0 spiro atoms. The summed E-state index contributed by atoms with van der Waals surface area (Å²) in [5, 5.41) is 6.36. The number of ether oxygens (including phenoxy) is 1. The number of aryl methyl sites for hydroxylation is 1. The SMILES string of the molecule is Cc1csc(C2(NC(=O)c3ccc(C4CCCOC4)cc3)CCC2)n1. The van der Waals surface area contributed by atoms with Crippen molar-refractivity contribution in [1.82, 2.24) is 10.3 Å². The third-order valence-corrected chi connectivity index (χ3v) is 6.56. The molecule has 1 aliphatic heterocycles. The maximum atomic E-state index is 12.8. The molecule has 1 saturated carbocycles. The molecule has 4 rings (SSSR count). The molecular weight excluding hydrogens is 332 g/mol. The lowest BCUT2D eigenvalue weighted by Crippen LogP contribution is -2.50. The molecule has 1 amide bonds. The summed E-state index contributed by atoms with van der Waals surface area (Å²) in [6.45, 7) is 3.66. The number of thiazole rings is 1. The first-order chi connectivity index (χ1) is 12.2. The van der Waals surface area contributed by atoms with Gasteiger partial charge in [0.05, 0.1) is 12.1 Å². The number of rotatable bonds is 4. The maximum absolute atomic E-state index is 12.8. The minimum atomic E-state index is -0.258. The highest BCUT2D eigenvalue weighted by Crippen LogP contribution is 2.42. The number of amides is 1. The van der Waals surface area contributed by atoms with Gasteiger partial charge in [0.2, 0.25) is 0 Å². The molecule has 1 aromatic carbocycles. The van der Waals surface area contributed by atoms with Gasteiger partial charge in [-0.05, 0) is 56.7 Å². The Morgan fingerprint density at radius 3 is 2.64 bits per heavy atom. The number of benzene rings is 1. The fraction of sp³-hybridized carbons (Fsp3) is 0.500. The van der Waals surface area contributed by atoms with E-state index in [2.05, 4.69) is 27.8 Å². The number of hydrogen-bond acceptors (Lipinski definition) is 4. The Balaban J connectivity index is 1.47. The molecule has 132 valence electrons. The fourth-order valence-electron chi connectivity index (χ4n) is 3.70. The lowest BCUT2D eigenvalue weighted by Gasteiger charge is -2.40. The first-order valence-electron chi connectivity index (χ1n) is 9.09. The normalized spacial score (nSPS) is 22.2. The minimum absolute atomic E-state index is 0.000928. The van der Waals surface area contributed by atoms with Crippen molar-refractivity contribution in [2.45, 2.75) is 50.5 Å². The summed E-state index contributed by atoms with van der Waals surface area (Å²) in [5.74, 6) is 0.459. The van der Waals surface area contributed by atoms with E-state index in [4.69, 9.17) is 4.74 Å². The highest BCUT2D eigenvalue weighted by molar-refractivity contribution is 7.09. The van der Waals surface area contributed by atoms with Crippen molar-refractivity contribution in [3.8, 4) is 0 Å². The van der Waals surface area contributed by atoms with Gasteiger partial charge >= 0.3 is 0 Å². The monoisotopic (exact) mass is 356 g/mol. The fourth-order valence-corrected chi connectivity index (χ4v) is 4.71. The Morgan fingerprint density at radius 2 is 2.08 bits per heavy atom. The van der Waals surface area contributed by atoms with Crippen molar-refractivity contribution >= 4 is 17.2 Å². The standard InChI is InChI=1S/C20H24N2O2S/c1-14-13-25-19(21-14)20(9-3-10-20)22-18(23)16-7-5-15(6-8-16)17-4-2-11-24-12-17/h5-8,13,17H,2-4,9-12H2,1H3,(H,22,23). The Morgan fingerprint density at radius 1 is 1.28 bits per heavy atom. The van der Waals surface area contributed by atoms with E-state index in [0.29, 0.717) is 5.92 Å². The van der Waals surface area contributed by atoms with Crippen LogP contribution in [0, 0.1) is 6.92 Å². The summed E-state index contributed by atoms with van der Waals surface area (Å²) in [6.07, 6.45) is 5.37. The van der Waals surface area contributed by atoms with Crippen molar-refractivity contribution in [2.75, 3.05) is 13.2 Å². The molecule has 1 N–H and O–H groups in total. The van der Waals surface area contributed by atoms with Crippen LogP contribution in [0.1, 0.15) is 64.6 Å². The first kappa shape index (κ1) is 16.7. The molecule has 4 nitrogen and oxygen atoms in total. The smallest absolute Gasteiger partial charge is 0.252 e. The van der Waals surface area contributed by atoms with Gasteiger partial charge in [0, 0.05) is 29.2 Å². The van der Waals surface area contributed by atoms with E-state index in [-0.39, 0.29) is 11.4 Å². The molecule has 0 radical (unpaired) electrons. The summed E-state index contributed by atoms with van der Waals surface area (Å²) >= 11 is 1.65. The van der Waals surface area contributed by atoms with Crippen LogP contribution >= 0.6 is 11.3 Å². The molecule has 1 saturated heterocycles. The summed E-state index contributed by atoms with van der Waals surface area (Å²) in [6, 6.07) is 8.04. The third kappa shape index (κ3) is 3.35. The van der Waals surface area contributed by atoms with Crippen LogP contribution in [0.4, 0.5) is 0 Å². The van der Waals surface area contributed by atoms with Crippen molar-refractivity contribution < 1.29 is 9.53 Å². The molecule has 2 aliphatic rings. The van der Waals surface area contributed by atoms with Gasteiger partial charge in [0.15, 0.2) is 0 Å². The van der Waals surface area contributed by atoms with Crippen LogP contribution in [0.3, 0.4) is 0 Å². The van der Waals surface area contributed by atoms with Crippen LogP contribution in [0.2, 0.25) is 0 Å². The van der Waals surface area contributed by atoms with Crippen molar-refractivity contribution in [3.05, 3.63) is 51.5 Å². The first-order valence-corrected chi connectivity index (χ1v) is 9.97. The number of aromatic nitrogens is 1. The number of carbonyl (C=O) groups is 1. The summed E-state index contributed by atoms with van der Waals surface area (Å²) < 4.78 is 5.57. The zero-order valence-electron chi connectivity index (χ0n) is 14.6. The Kier molecular flexibility index (Phi) is 4.61. The van der Waals surface area contributed by atoms with Crippen molar-refractivity contribution in [1.29, 1.82) is 0 Å². The number of nitrogens with one attached hydrogen (secondary N) is 1. The van der Waals surface area contributed by atoms with Gasteiger partial charge in [-0.25, -0.2) is 4.98 Å². The lowest BCUT2D eigenvalue weighted by molar-refractivity contribution is 0.0804. The average Bonchev–Trinajstić information content (AvgIpc) is 3.05. The molecular formula is C20H24N2O2S. The zero-order valence-corrected chi connectivity index (χ0v) is 15.4. The molecule has 1 aromatic heterocycles. The third-order valence-electron chi connectivity index (χ3n) is 5.39. The Labute approximate surface area is 152 Å².